The van der Waals surface area contributed by atoms with Gasteiger partial charge in [-0.15, -0.1) is 11.3 Å². The maximum Gasteiger partial charge on any atom is 0.159 e. The molecule has 1 aromatic heterocycles. The number of nitrogens with one attached hydrogen (secondary N) is 1. The van der Waals surface area contributed by atoms with Crippen LogP contribution in [0.25, 0.3) is 74.7 Å². The van der Waals surface area contributed by atoms with E-state index >= 15 is 0 Å². The number of hydrogen-bond acceptors (Lipinski definition) is 4. The van der Waals surface area contributed by atoms with Crippen LogP contribution in [0.1, 0.15) is 22.9 Å². The quantitative estimate of drug-likeness (QED) is 0.177. The summed E-state index contributed by atoms with van der Waals surface area (Å²) >= 11 is 1.83. The van der Waals surface area contributed by atoms with Crippen LogP contribution >= 0.6 is 11.3 Å². The molecule has 55 heavy (non-hydrogen) atoms. The molecule has 0 saturated heterocycles. The summed E-state index contributed by atoms with van der Waals surface area (Å²) in [6.07, 6.45) is -0.296. The molecule has 3 nitrogen and oxygen atoms in total. The van der Waals surface area contributed by atoms with Gasteiger partial charge in [0.1, 0.15) is 12.0 Å². The van der Waals surface area contributed by atoms with Crippen LogP contribution in [-0.4, -0.2) is 11.7 Å². The van der Waals surface area contributed by atoms with Gasteiger partial charge in [-0.05, 0) is 78.3 Å². The summed E-state index contributed by atoms with van der Waals surface area (Å²) in [6, 6.07) is 67.6. The Labute approximate surface area is 322 Å². The molecule has 1 N–H and O–H groups in total. The zero-order valence-electron chi connectivity index (χ0n) is 29.8. The van der Waals surface area contributed by atoms with Gasteiger partial charge in [0.15, 0.2) is 5.84 Å². The van der Waals surface area contributed by atoms with Gasteiger partial charge in [0.2, 0.25) is 0 Å². The Morgan fingerprint density at radius 1 is 0.364 bits per heavy atom. The molecule has 11 rings (SSSR count). The molecule has 1 unspecified atom stereocenters. The Bertz CT molecular complexity index is 3120. The average molecular weight is 720 g/mol. The van der Waals surface area contributed by atoms with Gasteiger partial charge < -0.3 is 5.32 Å². The maximum absolute atomic E-state index is 5.16. The minimum Gasteiger partial charge on any atom is -0.344 e. The predicted octanol–water partition coefficient (Wildman–Crippen LogP) is 13.3. The summed E-state index contributed by atoms with van der Waals surface area (Å²) in [7, 11) is 0. The van der Waals surface area contributed by atoms with E-state index in [0.29, 0.717) is 0 Å². The van der Waals surface area contributed by atoms with Crippen molar-refractivity contribution in [2.24, 2.45) is 9.98 Å². The molecule has 0 radical (unpaired) electrons. The van der Waals surface area contributed by atoms with E-state index in [4.69, 9.17) is 9.98 Å². The third kappa shape index (κ3) is 5.50. The Morgan fingerprint density at radius 3 is 1.45 bits per heavy atom. The highest BCUT2D eigenvalue weighted by atomic mass is 32.1. The largest absolute Gasteiger partial charge is 0.344 e. The van der Waals surface area contributed by atoms with E-state index in [1.54, 1.807) is 0 Å². The fourth-order valence-electron chi connectivity index (χ4n) is 8.16. The number of hydrogen-bond donors (Lipinski definition) is 1. The highest BCUT2D eigenvalue weighted by Gasteiger charge is 2.22. The standard InChI is InChI=1S/C51H33N3S/c1-3-11-32(12-4-1)37-24-27-44-45-28-25-38(31-48(45)55-47(44)30-37)51-53-49(34-13-5-2-6-14-34)52-50(54-51)35-21-19-33(20-22-35)36-23-26-43-41-17-8-7-15-39(41)40-16-9-10-18-42(40)46(43)29-36/h1-31,50H,(H,52,53,54). The molecular formula is C51H33N3S. The van der Waals surface area contributed by atoms with E-state index in [1.165, 1.54) is 74.7 Å². The molecule has 0 fully saturated rings. The zero-order chi connectivity index (χ0) is 36.3. The van der Waals surface area contributed by atoms with Crippen molar-refractivity contribution in [2.75, 3.05) is 0 Å². The number of fused-ring (bicyclic) bond motifs is 9. The van der Waals surface area contributed by atoms with E-state index in [0.717, 1.165) is 28.4 Å². The summed E-state index contributed by atoms with van der Waals surface area (Å²) in [5.41, 5.74) is 7.95. The fraction of sp³-hybridized carbons (Fsp3) is 0.0196. The number of aliphatic imine (C=N–C) groups is 2. The second-order valence-corrected chi connectivity index (χ2v) is 15.3. The molecule has 1 aliphatic heterocycles. The topological polar surface area (TPSA) is 36.8 Å². The first-order valence-electron chi connectivity index (χ1n) is 18.7. The van der Waals surface area contributed by atoms with Crippen molar-refractivity contribution < 1.29 is 0 Å². The number of rotatable bonds is 5. The lowest BCUT2D eigenvalue weighted by Crippen LogP contribution is -2.33. The zero-order valence-corrected chi connectivity index (χ0v) is 30.6. The van der Waals surface area contributed by atoms with E-state index in [2.05, 4.69) is 175 Å². The van der Waals surface area contributed by atoms with Crippen LogP contribution in [0.3, 0.4) is 0 Å². The SMILES string of the molecule is c1ccc(C2=NC(c3ccc(-c4ccc5c6ccccc6c6ccccc6c5c4)cc3)NC(c3ccc4c(c3)sc3cc(-c5ccccc5)ccc34)=N2)cc1. The molecule has 0 bridgehead atoms. The molecule has 9 aromatic carbocycles. The summed E-state index contributed by atoms with van der Waals surface area (Å²) in [5.74, 6) is 1.54. The Balaban J connectivity index is 0.950. The molecule has 1 aliphatic rings. The molecule has 0 spiro atoms. The van der Waals surface area contributed by atoms with Crippen LogP contribution in [-0.2, 0) is 0 Å². The van der Waals surface area contributed by atoms with Crippen LogP contribution in [0.15, 0.2) is 198 Å². The van der Waals surface area contributed by atoms with E-state index in [1.807, 2.05) is 29.5 Å². The minimum absolute atomic E-state index is 0.296. The molecule has 258 valence electrons. The highest BCUT2D eigenvalue weighted by molar-refractivity contribution is 7.25. The first-order chi connectivity index (χ1) is 27.2. The van der Waals surface area contributed by atoms with Crippen molar-refractivity contribution in [3.05, 3.63) is 205 Å². The molecule has 0 aliphatic carbocycles. The molecule has 0 saturated carbocycles. The fourth-order valence-corrected chi connectivity index (χ4v) is 9.35. The molecule has 10 aromatic rings. The highest BCUT2D eigenvalue weighted by Crippen LogP contribution is 2.39. The maximum atomic E-state index is 5.16. The van der Waals surface area contributed by atoms with Gasteiger partial charge in [-0.1, -0.05) is 170 Å². The number of benzene rings is 9. The lowest BCUT2D eigenvalue weighted by Gasteiger charge is -2.24. The van der Waals surface area contributed by atoms with Crippen LogP contribution < -0.4 is 5.32 Å². The second kappa shape index (κ2) is 12.9. The van der Waals surface area contributed by atoms with Crippen molar-refractivity contribution in [1.29, 1.82) is 0 Å². The van der Waals surface area contributed by atoms with Gasteiger partial charge in [0.25, 0.3) is 0 Å². The average Bonchev–Trinajstić information content (AvgIpc) is 3.64. The van der Waals surface area contributed by atoms with Crippen LogP contribution in [0.2, 0.25) is 0 Å². The number of thiophene rings is 1. The molecular weight excluding hydrogens is 687 g/mol. The van der Waals surface area contributed by atoms with Crippen LogP contribution in [0, 0.1) is 0 Å². The van der Waals surface area contributed by atoms with Gasteiger partial charge in [0, 0.05) is 31.3 Å². The van der Waals surface area contributed by atoms with Gasteiger partial charge in [-0.2, -0.15) is 0 Å². The molecule has 4 heteroatoms. The first kappa shape index (κ1) is 31.6. The Hall–Kier alpha value is -6.88. The van der Waals surface area contributed by atoms with Crippen LogP contribution in [0.4, 0.5) is 0 Å². The van der Waals surface area contributed by atoms with Crippen molar-refractivity contribution >= 4 is 75.5 Å². The lowest BCUT2D eigenvalue weighted by atomic mass is 9.92. The number of nitrogens with zero attached hydrogens (tertiary/aromatic N) is 2. The monoisotopic (exact) mass is 719 g/mol. The minimum atomic E-state index is -0.296. The molecule has 0 amide bonds. The van der Waals surface area contributed by atoms with E-state index in [-0.39, 0.29) is 6.17 Å². The van der Waals surface area contributed by atoms with Crippen LogP contribution in [0.5, 0.6) is 0 Å². The summed E-state index contributed by atoms with van der Waals surface area (Å²) < 4.78 is 2.52. The van der Waals surface area contributed by atoms with Gasteiger partial charge in [-0.3, -0.25) is 0 Å². The normalized spacial score (nSPS) is 14.4. The third-order valence-corrected chi connectivity index (χ3v) is 12.0. The van der Waals surface area contributed by atoms with Crippen molar-refractivity contribution in [3.63, 3.8) is 0 Å². The summed E-state index contributed by atoms with van der Waals surface area (Å²) in [6.45, 7) is 0. The first-order valence-corrected chi connectivity index (χ1v) is 19.5. The lowest BCUT2D eigenvalue weighted by molar-refractivity contribution is 0.674. The van der Waals surface area contributed by atoms with Crippen molar-refractivity contribution in [3.8, 4) is 22.3 Å². The second-order valence-electron chi connectivity index (χ2n) is 14.2. The smallest absolute Gasteiger partial charge is 0.159 e. The third-order valence-electron chi connectivity index (χ3n) is 10.9. The van der Waals surface area contributed by atoms with Gasteiger partial charge in [-0.25, -0.2) is 9.98 Å². The van der Waals surface area contributed by atoms with Crippen molar-refractivity contribution in [2.45, 2.75) is 6.17 Å². The van der Waals surface area contributed by atoms with Gasteiger partial charge in [0.05, 0.1) is 0 Å². The predicted molar refractivity (Wildman–Crippen MR) is 235 cm³/mol. The van der Waals surface area contributed by atoms with Crippen molar-refractivity contribution in [1.82, 2.24) is 5.32 Å². The summed E-state index contributed by atoms with van der Waals surface area (Å²) in [5, 5.41) is 13.9. The molecule has 1 atom stereocenters. The Morgan fingerprint density at radius 2 is 0.818 bits per heavy atom. The molecule has 2 heterocycles. The number of amidine groups is 2. The summed E-state index contributed by atoms with van der Waals surface area (Å²) in [4.78, 5) is 10.3. The van der Waals surface area contributed by atoms with E-state index < -0.39 is 0 Å². The van der Waals surface area contributed by atoms with E-state index in [9.17, 15) is 0 Å². The Kier molecular flexibility index (Phi) is 7.42. The van der Waals surface area contributed by atoms with Gasteiger partial charge >= 0.3 is 0 Å².